The number of nitrogens with one attached hydrogen (secondary N) is 1. The maximum Gasteiger partial charge on any atom is 0.203 e. The minimum atomic E-state index is -0.330. The second-order valence-corrected chi connectivity index (χ2v) is 10.5. The SMILES string of the molecule is COc1cc(-c2cc(-c3ccc(F)cc3)nc(-n3cccc3CNC3CCC(C)CC3)c2C#N)cc(OC)c1OC. The van der Waals surface area contributed by atoms with Crippen molar-refractivity contribution in [1.82, 2.24) is 14.9 Å². The van der Waals surface area contributed by atoms with Crippen molar-refractivity contribution in [1.29, 1.82) is 5.26 Å². The summed E-state index contributed by atoms with van der Waals surface area (Å²) in [7, 11) is 4.66. The minimum absolute atomic E-state index is 0.330. The van der Waals surface area contributed by atoms with E-state index in [1.54, 1.807) is 33.5 Å². The molecule has 41 heavy (non-hydrogen) atoms. The number of halogens is 1. The van der Waals surface area contributed by atoms with E-state index in [0.29, 0.717) is 58.0 Å². The van der Waals surface area contributed by atoms with Gasteiger partial charge in [0, 0.05) is 35.6 Å². The first-order chi connectivity index (χ1) is 19.9. The van der Waals surface area contributed by atoms with Crippen molar-refractivity contribution < 1.29 is 18.6 Å². The molecule has 1 fully saturated rings. The molecule has 8 heteroatoms. The molecule has 212 valence electrons. The van der Waals surface area contributed by atoms with Crippen LogP contribution in [0.5, 0.6) is 17.2 Å². The van der Waals surface area contributed by atoms with Crippen LogP contribution in [0.3, 0.4) is 0 Å². The van der Waals surface area contributed by atoms with Crippen molar-refractivity contribution in [3.63, 3.8) is 0 Å². The number of hydrogen-bond acceptors (Lipinski definition) is 6. The van der Waals surface area contributed by atoms with Crippen LogP contribution < -0.4 is 19.5 Å². The Morgan fingerprint density at radius 3 is 2.24 bits per heavy atom. The Morgan fingerprint density at radius 2 is 1.63 bits per heavy atom. The summed E-state index contributed by atoms with van der Waals surface area (Å²) in [5.41, 5.74) is 4.08. The van der Waals surface area contributed by atoms with Crippen molar-refractivity contribution in [3.8, 4) is 51.5 Å². The Hall–Kier alpha value is -4.35. The molecule has 1 saturated carbocycles. The van der Waals surface area contributed by atoms with Crippen molar-refractivity contribution in [2.45, 2.75) is 45.2 Å². The molecular weight excluding hydrogens is 519 g/mol. The number of nitrogens with zero attached hydrogens (tertiary/aromatic N) is 3. The van der Waals surface area contributed by atoms with Gasteiger partial charge in [0.1, 0.15) is 17.4 Å². The van der Waals surface area contributed by atoms with Gasteiger partial charge >= 0.3 is 0 Å². The zero-order valence-electron chi connectivity index (χ0n) is 23.9. The lowest BCUT2D eigenvalue weighted by Gasteiger charge is -2.27. The Bertz CT molecular complexity index is 1520. The molecule has 1 aliphatic rings. The zero-order chi connectivity index (χ0) is 28.9. The number of ether oxygens (including phenoxy) is 3. The van der Waals surface area contributed by atoms with Gasteiger partial charge in [-0.1, -0.05) is 6.92 Å². The fourth-order valence-electron chi connectivity index (χ4n) is 5.53. The molecule has 0 aliphatic heterocycles. The Balaban J connectivity index is 1.65. The highest BCUT2D eigenvalue weighted by Gasteiger charge is 2.22. The Morgan fingerprint density at radius 1 is 0.951 bits per heavy atom. The van der Waals surface area contributed by atoms with Gasteiger partial charge in [-0.3, -0.25) is 0 Å². The Kier molecular flexibility index (Phi) is 8.55. The topological polar surface area (TPSA) is 81.3 Å². The lowest BCUT2D eigenvalue weighted by atomic mass is 9.87. The molecule has 0 amide bonds. The molecule has 0 bridgehead atoms. The van der Waals surface area contributed by atoms with Gasteiger partial charge in [0.15, 0.2) is 17.3 Å². The van der Waals surface area contributed by atoms with Crippen molar-refractivity contribution in [2.24, 2.45) is 5.92 Å². The van der Waals surface area contributed by atoms with E-state index in [1.165, 1.54) is 25.0 Å². The molecule has 0 spiro atoms. The van der Waals surface area contributed by atoms with E-state index in [0.717, 1.165) is 30.0 Å². The summed E-state index contributed by atoms with van der Waals surface area (Å²) in [5.74, 6) is 2.35. The highest BCUT2D eigenvalue weighted by molar-refractivity contribution is 5.81. The van der Waals surface area contributed by atoms with Gasteiger partial charge in [-0.25, -0.2) is 9.37 Å². The number of pyridine rings is 1. The fraction of sp³-hybridized carbons (Fsp3) is 0.333. The lowest BCUT2D eigenvalue weighted by molar-refractivity contribution is 0.305. The van der Waals surface area contributed by atoms with Crippen LogP contribution in [-0.4, -0.2) is 36.9 Å². The van der Waals surface area contributed by atoms with E-state index in [9.17, 15) is 9.65 Å². The summed E-state index contributed by atoms with van der Waals surface area (Å²) in [6, 6.07) is 18.6. The molecule has 2 aromatic carbocycles. The summed E-state index contributed by atoms with van der Waals surface area (Å²) in [6.07, 6.45) is 6.72. The number of hydrogen-bond donors (Lipinski definition) is 1. The predicted molar refractivity (Wildman–Crippen MR) is 157 cm³/mol. The molecule has 0 unspecified atom stereocenters. The van der Waals surface area contributed by atoms with Gasteiger partial charge in [-0.2, -0.15) is 5.26 Å². The van der Waals surface area contributed by atoms with E-state index < -0.39 is 0 Å². The van der Waals surface area contributed by atoms with Gasteiger partial charge in [-0.15, -0.1) is 0 Å². The van der Waals surface area contributed by atoms with Gasteiger partial charge in [0.25, 0.3) is 0 Å². The summed E-state index contributed by atoms with van der Waals surface area (Å²) in [5, 5.41) is 14.2. The van der Waals surface area contributed by atoms with Crippen LogP contribution in [-0.2, 0) is 6.54 Å². The lowest BCUT2D eigenvalue weighted by Crippen LogP contribution is -2.32. The van der Waals surface area contributed by atoms with E-state index in [-0.39, 0.29) is 5.82 Å². The molecule has 1 N–H and O–H groups in total. The van der Waals surface area contributed by atoms with Crippen LogP contribution in [0.4, 0.5) is 4.39 Å². The zero-order valence-corrected chi connectivity index (χ0v) is 23.9. The largest absolute Gasteiger partial charge is 0.493 e. The average molecular weight is 555 g/mol. The molecule has 0 atom stereocenters. The van der Waals surface area contributed by atoms with Gasteiger partial charge in [0.05, 0.1) is 27.0 Å². The smallest absolute Gasteiger partial charge is 0.203 e. The fourth-order valence-corrected chi connectivity index (χ4v) is 5.53. The van der Waals surface area contributed by atoms with E-state index in [4.69, 9.17) is 19.2 Å². The number of rotatable bonds is 9. The monoisotopic (exact) mass is 554 g/mol. The second kappa shape index (κ2) is 12.4. The first-order valence-electron chi connectivity index (χ1n) is 13.9. The third-order valence-electron chi connectivity index (χ3n) is 7.88. The summed E-state index contributed by atoms with van der Waals surface area (Å²) < 4.78 is 32.5. The normalized spacial score (nSPS) is 16.7. The van der Waals surface area contributed by atoms with Gasteiger partial charge in [0.2, 0.25) is 5.75 Å². The van der Waals surface area contributed by atoms with Crippen LogP contribution in [0, 0.1) is 23.1 Å². The summed E-state index contributed by atoms with van der Waals surface area (Å²) >= 11 is 0. The van der Waals surface area contributed by atoms with Gasteiger partial charge < -0.3 is 24.1 Å². The van der Waals surface area contributed by atoms with Crippen LogP contribution >= 0.6 is 0 Å². The standard InChI is InChI=1S/C33H35FN4O3/c1-21-7-13-25(14-8-21)36-20-26-6-5-15-38(26)33-28(19-35)27(18-29(37-33)22-9-11-24(34)12-10-22)23-16-30(39-2)32(41-4)31(17-23)40-3/h5-6,9-12,15-18,21,25,36H,7-8,13-14,20H2,1-4H3. The van der Waals surface area contributed by atoms with Crippen LogP contribution in [0.2, 0.25) is 0 Å². The van der Waals surface area contributed by atoms with E-state index in [2.05, 4.69) is 18.3 Å². The highest BCUT2D eigenvalue weighted by Crippen LogP contribution is 2.43. The third kappa shape index (κ3) is 5.91. The molecular formula is C33H35FN4O3. The van der Waals surface area contributed by atoms with Crippen molar-refractivity contribution in [2.75, 3.05) is 21.3 Å². The van der Waals surface area contributed by atoms with Crippen molar-refractivity contribution in [3.05, 3.63) is 77.9 Å². The Labute approximate surface area is 240 Å². The van der Waals surface area contributed by atoms with E-state index in [1.807, 2.05) is 41.1 Å². The number of aromatic nitrogens is 2. The maximum absolute atomic E-state index is 13.8. The third-order valence-corrected chi connectivity index (χ3v) is 7.88. The number of benzene rings is 2. The minimum Gasteiger partial charge on any atom is -0.493 e. The molecule has 5 rings (SSSR count). The average Bonchev–Trinajstić information content (AvgIpc) is 3.48. The molecule has 0 saturated heterocycles. The quantitative estimate of drug-likeness (QED) is 0.242. The molecule has 0 radical (unpaired) electrons. The van der Waals surface area contributed by atoms with Crippen molar-refractivity contribution >= 4 is 0 Å². The second-order valence-electron chi connectivity index (χ2n) is 10.5. The first kappa shape index (κ1) is 28.2. The molecule has 7 nitrogen and oxygen atoms in total. The molecule has 2 aromatic heterocycles. The van der Waals surface area contributed by atoms with Crippen LogP contribution in [0.15, 0.2) is 60.8 Å². The molecule has 1 aliphatic carbocycles. The predicted octanol–water partition coefficient (Wildman–Crippen LogP) is 6.91. The van der Waals surface area contributed by atoms with E-state index >= 15 is 0 Å². The first-order valence-corrected chi connectivity index (χ1v) is 13.9. The molecule has 4 aromatic rings. The van der Waals surface area contributed by atoms with Crippen LogP contribution in [0.1, 0.15) is 43.9 Å². The summed E-state index contributed by atoms with van der Waals surface area (Å²) in [4.78, 5) is 4.96. The maximum atomic E-state index is 13.8. The van der Waals surface area contributed by atoms with Gasteiger partial charge in [-0.05, 0) is 91.8 Å². The number of methoxy groups -OCH3 is 3. The highest BCUT2D eigenvalue weighted by atomic mass is 19.1. The molecule has 2 heterocycles. The number of nitriles is 1. The van der Waals surface area contributed by atoms with Crippen LogP contribution in [0.25, 0.3) is 28.2 Å². The summed E-state index contributed by atoms with van der Waals surface area (Å²) in [6.45, 7) is 2.97.